The summed E-state index contributed by atoms with van der Waals surface area (Å²) in [5, 5.41) is 0. The molecule has 1 atom stereocenters. The van der Waals surface area contributed by atoms with Gasteiger partial charge >= 0.3 is 6.01 Å². The summed E-state index contributed by atoms with van der Waals surface area (Å²) in [7, 11) is -3.56. The fourth-order valence-electron chi connectivity index (χ4n) is 3.66. The molecule has 0 aliphatic carbocycles. The molecular weight excluding hydrogens is 362 g/mol. The minimum Gasteiger partial charge on any atom is -0.459 e. The molecule has 146 valence electrons. The summed E-state index contributed by atoms with van der Waals surface area (Å²) in [5.41, 5.74) is 3.68. The number of aromatic nitrogens is 2. The minimum absolute atomic E-state index is 0.243. The second kappa shape index (κ2) is 7.94. The Bertz CT molecular complexity index is 888. The Balaban J connectivity index is 1.79. The largest absolute Gasteiger partial charge is 0.459 e. The highest BCUT2D eigenvalue weighted by atomic mass is 32.2. The van der Waals surface area contributed by atoms with Crippen molar-refractivity contribution in [3.63, 3.8) is 0 Å². The van der Waals surface area contributed by atoms with E-state index in [1.807, 2.05) is 39.8 Å². The summed E-state index contributed by atoms with van der Waals surface area (Å²) in [5.74, 6) is 0. The average Bonchev–Trinajstić information content (AvgIpc) is 2.61. The molecule has 0 spiro atoms. The number of nitrogens with zero attached hydrogens (tertiary/aromatic N) is 3. The van der Waals surface area contributed by atoms with Gasteiger partial charge < -0.3 is 4.74 Å². The summed E-state index contributed by atoms with van der Waals surface area (Å²) in [4.78, 5) is 8.87. The van der Waals surface area contributed by atoms with Gasteiger partial charge in [0.1, 0.15) is 6.10 Å². The molecule has 0 saturated carbocycles. The molecule has 1 saturated heterocycles. The lowest BCUT2D eigenvalue weighted by atomic mass is 10.1. The van der Waals surface area contributed by atoms with Crippen LogP contribution in [0.25, 0.3) is 0 Å². The van der Waals surface area contributed by atoms with Crippen LogP contribution in [0.2, 0.25) is 0 Å². The molecule has 1 aromatic heterocycles. The Morgan fingerprint density at radius 3 is 2.37 bits per heavy atom. The van der Waals surface area contributed by atoms with E-state index in [1.165, 1.54) is 4.31 Å². The Kier molecular flexibility index (Phi) is 5.81. The second-order valence-electron chi connectivity index (χ2n) is 7.20. The molecule has 27 heavy (non-hydrogen) atoms. The van der Waals surface area contributed by atoms with E-state index in [1.54, 1.807) is 12.4 Å². The van der Waals surface area contributed by atoms with Gasteiger partial charge in [0.25, 0.3) is 0 Å². The highest BCUT2D eigenvalue weighted by molar-refractivity contribution is 7.89. The number of ether oxygens (including phenoxy) is 1. The first kappa shape index (κ1) is 19.8. The Hall–Kier alpha value is -1.99. The van der Waals surface area contributed by atoms with Gasteiger partial charge in [0, 0.05) is 18.9 Å². The Morgan fingerprint density at radius 2 is 1.78 bits per heavy atom. The van der Waals surface area contributed by atoms with E-state index in [0.717, 1.165) is 41.5 Å². The smallest absolute Gasteiger partial charge is 0.316 e. The highest BCUT2D eigenvalue weighted by Crippen LogP contribution is 2.28. The van der Waals surface area contributed by atoms with E-state index >= 15 is 0 Å². The topological polar surface area (TPSA) is 72.4 Å². The summed E-state index contributed by atoms with van der Waals surface area (Å²) >= 11 is 0. The van der Waals surface area contributed by atoms with Gasteiger partial charge in [0.05, 0.1) is 11.4 Å². The summed E-state index contributed by atoms with van der Waals surface area (Å²) in [6, 6.07) is 4.14. The van der Waals surface area contributed by atoms with E-state index in [4.69, 9.17) is 4.74 Å². The van der Waals surface area contributed by atoms with Crippen LogP contribution in [0.15, 0.2) is 29.4 Å². The fraction of sp³-hybridized carbons (Fsp3) is 0.500. The molecule has 2 heterocycles. The van der Waals surface area contributed by atoms with E-state index in [2.05, 4.69) is 9.97 Å². The highest BCUT2D eigenvalue weighted by Gasteiger charge is 2.33. The van der Waals surface area contributed by atoms with Crippen LogP contribution in [0, 0.1) is 20.8 Å². The van der Waals surface area contributed by atoms with Crippen LogP contribution >= 0.6 is 0 Å². The first-order valence-electron chi connectivity index (χ1n) is 9.37. The third kappa shape index (κ3) is 4.30. The maximum absolute atomic E-state index is 13.3. The number of piperidine rings is 1. The number of sulfonamides is 1. The molecule has 1 aliphatic rings. The van der Waals surface area contributed by atoms with Gasteiger partial charge in [-0.2, -0.15) is 4.31 Å². The van der Waals surface area contributed by atoms with Crippen molar-refractivity contribution in [1.29, 1.82) is 0 Å². The third-order valence-corrected chi connectivity index (χ3v) is 7.08. The molecule has 6 nitrogen and oxygen atoms in total. The van der Waals surface area contributed by atoms with Gasteiger partial charge in [-0.3, -0.25) is 0 Å². The number of rotatable bonds is 5. The molecule has 1 fully saturated rings. The van der Waals surface area contributed by atoms with Crippen molar-refractivity contribution in [2.75, 3.05) is 13.1 Å². The zero-order valence-electron chi connectivity index (χ0n) is 16.4. The van der Waals surface area contributed by atoms with Crippen LogP contribution in [0.1, 0.15) is 42.0 Å². The predicted octanol–water partition coefficient (Wildman–Crippen LogP) is 3.20. The molecule has 0 radical (unpaired) electrons. The lowest BCUT2D eigenvalue weighted by molar-refractivity contribution is 0.119. The normalized spacial score (nSPS) is 18.4. The Labute approximate surface area is 161 Å². The molecule has 3 rings (SSSR count). The summed E-state index contributed by atoms with van der Waals surface area (Å²) < 4.78 is 33.9. The van der Waals surface area contributed by atoms with Crippen LogP contribution in [0.4, 0.5) is 0 Å². The zero-order chi connectivity index (χ0) is 19.6. The molecule has 1 aliphatic heterocycles. The molecule has 1 unspecified atom stereocenters. The molecule has 0 amide bonds. The van der Waals surface area contributed by atoms with Crippen molar-refractivity contribution in [3.05, 3.63) is 46.8 Å². The van der Waals surface area contributed by atoms with Crippen molar-refractivity contribution < 1.29 is 13.2 Å². The monoisotopic (exact) mass is 389 g/mol. The summed E-state index contributed by atoms with van der Waals surface area (Å²) in [6.07, 6.45) is 5.66. The lowest BCUT2D eigenvalue weighted by Crippen LogP contribution is -2.44. The maximum Gasteiger partial charge on any atom is 0.316 e. The predicted molar refractivity (Wildman–Crippen MR) is 104 cm³/mol. The molecular formula is C20H27N3O3S. The van der Waals surface area contributed by atoms with Gasteiger partial charge in [0.15, 0.2) is 0 Å². The number of aryl methyl sites for hydroxylation is 4. The number of hydrogen-bond acceptors (Lipinski definition) is 5. The quantitative estimate of drug-likeness (QED) is 0.785. The number of hydrogen-bond donors (Lipinski definition) is 0. The van der Waals surface area contributed by atoms with Crippen LogP contribution in [0.5, 0.6) is 6.01 Å². The molecule has 7 heteroatoms. The van der Waals surface area contributed by atoms with Gasteiger partial charge in [-0.05, 0) is 56.7 Å². The second-order valence-corrected chi connectivity index (χ2v) is 9.08. The van der Waals surface area contributed by atoms with Crippen molar-refractivity contribution in [2.24, 2.45) is 0 Å². The van der Waals surface area contributed by atoms with Gasteiger partial charge in [-0.25, -0.2) is 18.4 Å². The van der Waals surface area contributed by atoms with E-state index < -0.39 is 10.0 Å². The average molecular weight is 390 g/mol. The van der Waals surface area contributed by atoms with E-state index in [9.17, 15) is 8.42 Å². The SMILES string of the molecule is CCc1cnc(OC2CCCN(S(=O)(=O)c3c(C)cc(C)cc3C)C2)nc1. The fourth-order valence-corrected chi connectivity index (χ4v) is 5.58. The molecule has 2 aromatic rings. The van der Waals surface area contributed by atoms with E-state index in [-0.39, 0.29) is 6.10 Å². The zero-order valence-corrected chi connectivity index (χ0v) is 17.2. The number of benzene rings is 1. The maximum atomic E-state index is 13.3. The van der Waals surface area contributed by atoms with Crippen LogP contribution < -0.4 is 4.74 Å². The van der Waals surface area contributed by atoms with Crippen molar-refractivity contribution in [3.8, 4) is 6.01 Å². The van der Waals surface area contributed by atoms with Gasteiger partial charge in [-0.1, -0.05) is 24.6 Å². The van der Waals surface area contributed by atoms with E-state index in [0.29, 0.717) is 24.0 Å². The minimum atomic E-state index is -3.56. The standard InChI is InChI=1S/C20H27N3O3S/c1-5-17-11-21-20(22-12-17)26-18-7-6-8-23(13-18)27(24,25)19-15(3)9-14(2)10-16(19)4/h9-12,18H,5-8,13H2,1-4H3. The van der Waals surface area contributed by atoms with Crippen molar-refractivity contribution in [2.45, 2.75) is 58.0 Å². The third-order valence-electron chi connectivity index (χ3n) is 4.91. The van der Waals surface area contributed by atoms with Crippen LogP contribution in [-0.4, -0.2) is 41.9 Å². The van der Waals surface area contributed by atoms with Crippen LogP contribution in [0.3, 0.4) is 0 Å². The van der Waals surface area contributed by atoms with Crippen molar-refractivity contribution >= 4 is 10.0 Å². The lowest BCUT2D eigenvalue weighted by Gasteiger charge is -2.32. The molecule has 0 bridgehead atoms. The molecule has 0 N–H and O–H groups in total. The first-order valence-corrected chi connectivity index (χ1v) is 10.8. The van der Waals surface area contributed by atoms with Crippen LogP contribution in [-0.2, 0) is 16.4 Å². The Morgan fingerprint density at radius 1 is 1.15 bits per heavy atom. The molecule has 1 aromatic carbocycles. The van der Waals surface area contributed by atoms with Gasteiger partial charge in [0.2, 0.25) is 10.0 Å². The van der Waals surface area contributed by atoms with Gasteiger partial charge in [-0.15, -0.1) is 0 Å². The van der Waals surface area contributed by atoms with Crippen molar-refractivity contribution in [1.82, 2.24) is 14.3 Å². The first-order chi connectivity index (χ1) is 12.8. The summed E-state index contributed by atoms with van der Waals surface area (Å²) in [6.45, 7) is 8.55.